The van der Waals surface area contributed by atoms with Gasteiger partial charge in [-0.05, 0) is 50.5 Å². The van der Waals surface area contributed by atoms with Gasteiger partial charge < -0.3 is 14.4 Å². The van der Waals surface area contributed by atoms with Crippen LogP contribution in [0.5, 0.6) is 0 Å². The molecule has 3 heteroatoms. The third kappa shape index (κ3) is 4.74. The Morgan fingerprint density at radius 3 is 2.38 bits per heavy atom. The largest absolute Gasteiger partial charge is 0.347 e. The van der Waals surface area contributed by atoms with E-state index in [0.29, 0.717) is 17.6 Å². The Hall–Kier alpha value is -0.120. The van der Waals surface area contributed by atoms with Crippen LogP contribution in [0.1, 0.15) is 86.5 Å². The van der Waals surface area contributed by atoms with Gasteiger partial charge in [-0.1, -0.05) is 41.0 Å². The third-order valence-corrected chi connectivity index (χ3v) is 7.04. The maximum Gasteiger partial charge on any atom is 0.168 e. The second-order valence-corrected chi connectivity index (χ2v) is 8.75. The highest BCUT2D eigenvalue weighted by Crippen LogP contribution is 2.47. The minimum absolute atomic E-state index is 0.252. The van der Waals surface area contributed by atoms with Crippen molar-refractivity contribution in [2.75, 3.05) is 19.7 Å². The van der Waals surface area contributed by atoms with Gasteiger partial charge in [-0.2, -0.15) is 0 Å². The van der Waals surface area contributed by atoms with Crippen LogP contribution in [0.25, 0.3) is 0 Å². The van der Waals surface area contributed by atoms with Crippen molar-refractivity contribution in [2.45, 2.75) is 104 Å². The van der Waals surface area contributed by atoms with Gasteiger partial charge in [0.25, 0.3) is 0 Å². The number of nitrogens with zero attached hydrogens (tertiary/aromatic N) is 1. The van der Waals surface area contributed by atoms with Gasteiger partial charge >= 0.3 is 0 Å². The highest BCUT2D eigenvalue weighted by atomic mass is 16.7. The van der Waals surface area contributed by atoms with E-state index in [1.54, 1.807) is 0 Å². The van der Waals surface area contributed by atoms with E-state index >= 15 is 0 Å². The molecule has 2 rings (SSSR count). The van der Waals surface area contributed by atoms with E-state index < -0.39 is 0 Å². The molecule has 1 aliphatic heterocycles. The Kier molecular flexibility index (Phi) is 7.16. The lowest BCUT2D eigenvalue weighted by Crippen LogP contribution is -2.40. The molecular formula is C21H41NO2. The monoisotopic (exact) mass is 339 g/mol. The lowest BCUT2D eigenvalue weighted by atomic mass is 9.68. The summed E-state index contributed by atoms with van der Waals surface area (Å²) in [5.74, 6) is 0.568. The molecule has 2 fully saturated rings. The predicted octanol–water partition coefficient (Wildman–Crippen LogP) is 5.24. The fraction of sp³-hybridized carbons (Fsp3) is 1.00. The SMILES string of the molecule is CCC(C)N(CC)CCC1COC2(CCC(C(C)(C)CC)CC2)O1. The molecule has 3 nitrogen and oxygen atoms in total. The van der Waals surface area contributed by atoms with E-state index in [4.69, 9.17) is 9.47 Å². The number of ether oxygens (including phenoxy) is 2. The maximum atomic E-state index is 6.44. The first-order valence-corrected chi connectivity index (χ1v) is 10.4. The van der Waals surface area contributed by atoms with Crippen molar-refractivity contribution in [3.05, 3.63) is 0 Å². The van der Waals surface area contributed by atoms with Crippen LogP contribution >= 0.6 is 0 Å². The predicted molar refractivity (Wildman–Crippen MR) is 101 cm³/mol. The fourth-order valence-electron chi connectivity index (χ4n) is 4.41. The molecule has 1 spiro atoms. The summed E-state index contributed by atoms with van der Waals surface area (Å²) in [7, 11) is 0. The zero-order chi connectivity index (χ0) is 17.8. The average Bonchev–Trinajstić information content (AvgIpc) is 2.98. The molecule has 1 saturated heterocycles. The minimum atomic E-state index is -0.252. The van der Waals surface area contributed by atoms with Gasteiger partial charge in [0.05, 0.1) is 12.7 Å². The van der Waals surface area contributed by atoms with Crippen molar-refractivity contribution in [1.29, 1.82) is 0 Å². The molecular weight excluding hydrogens is 298 g/mol. The van der Waals surface area contributed by atoms with Crippen LogP contribution in [0.3, 0.4) is 0 Å². The molecule has 2 aliphatic rings. The van der Waals surface area contributed by atoms with Crippen LogP contribution in [-0.2, 0) is 9.47 Å². The third-order valence-electron chi connectivity index (χ3n) is 7.04. The summed E-state index contributed by atoms with van der Waals surface area (Å²) in [6, 6.07) is 0.665. The van der Waals surface area contributed by atoms with Crippen LogP contribution < -0.4 is 0 Å². The van der Waals surface area contributed by atoms with E-state index in [9.17, 15) is 0 Å². The summed E-state index contributed by atoms with van der Waals surface area (Å²) < 4.78 is 12.6. The molecule has 24 heavy (non-hydrogen) atoms. The Labute approximate surface area is 150 Å². The van der Waals surface area contributed by atoms with Crippen molar-refractivity contribution in [3.8, 4) is 0 Å². The van der Waals surface area contributed by atoms with Crippen LogP contribution in [-0.4, -0.2) is 42.5 Å². The quantitative estimate of drug-likeness (QED) is 0.604. The summed E-state index contributed by atoms with van der Waals surface area (Å²) in [5, 5.41) is 0. The van der Waals surface area contributed by atoms with Crippen LogP contribution in [0.4, 0.5) is 0 Å². The summed E-state index contributed by atoms with van der Waals surface area (Å²) in [4.78, 5) is 2.56. The van der Waals surface area contributed by atoms with Gasteiger partial charge in [0.2, 0.25) is 0 Å². The van der Waals surface area contributed by atoms with Gasteiger partial charge in [-0.25, -0.2) is 0 Å². The number of hydrogen-bond donors (Lipinski definition) is 0. The second-order valence-electron chi connectivity index (χ2n) is 8.75. The Morgan fingerprint density at radius 2 is 1.83 bits per heavy atom. The zero-order valence-corrected chi connectivity index (χ0v) is 17.1. The molecule has 0 aromatic heterocycles. The maximum absolute atomic E-state index is 6.44. The highest BCUT2D eigenvalue weighted by molar-refractivity contribution is 4.89. The number of hydrogen-bond acceptors (Lipinski definition) is 3. The van der Waals surface area contributed by atoms with Crippen molar-refractivity contribution in [3.63, 3.8) is 0 Å². The van der Waals surface area contributed by atoms with E-state index in [2.05, 4.69) is 46.4 Å². The van der Waals surface area contributed by atoms with E-state index in [0.717, 1.165) is 44.9 Å². The summed E-state index contributed by atoms with van der Waals surface area (Å²) in [6.45, 7) is 17.1. The highest BCUT2D eigenvalue weighted by Gasteiger charge is 2.46. The Balaban J connectivity index is 1.79. The van der Waals surface area contributed by atoms with Crippen molar-refractivity contribution in [2.24, 2.45) is 11.3 Å². The first-order valence-electron chi connectivity index (χ1n) is 10.4. The van der Waals surface area contributed by atoms with Crippen molar-refractivity contribution >= 4 is 0 Å². The average molecular weight is 340 g/mol. The Morgan fingerprint density at radius 1 is 1.17 bits per heavy atom. The lowest BCUT2D eigenvalue weighted by Gasteiger charge is -2.42. The molecule has 1 saturated carbocycles. The normalized spacial score (nSPS) is 32.6. The smallest absolute Gasteiger partial charge is 0.168 e. The molecule has 0 bridgehead atoms. The first kappa shape index (κ1) is 20.2. The lowest BCUT2D eigenvalue weighted by molar-refractivity contribution is -0.197. The fourth-order valence-corrected chi connectivity index (χ4v) is 4.41. The van der Waals surface area contributed by atoms with Crippen molar-refractivity contribution < 1.29 is 9.47 Å². The van der Waals surface area contributed by atoms with Crippen LogP contribution in [0.2, 0.25) is 0 Å². The van der Waals surface area contributed by atoms with Crippen molar-refractivity contribution in [1.82, 2.24) is 4.90 Å². The van der Waals surface area contributed by atoms with Gasteiger partial charge in [-0.3, -0.25) is 0 Å². The summed E-state index contributed by atoms with van der Waals surface area (Å²) >= 11 is 0. The molecule has 2 unspecified atom stereocenters. The van der Waals surface area contributed by atoms with E-state index in [1.165, 1.54) is 25.7 Å². The van der Waals surface area contributed by atoms with Gasteiger partial charge in [-0.15, -0.1) is 0 Å². The van der Waals surface area contributed by atoms with Gasteiger partial charge in [0.15, 0.2) is 5.79 Å². The van der Waals surface area contributed by atoms with Crippen LogP contribution in [0.15, 0.2) is 0 Å². The molecule has 0 radical (unpaired) electrons. The number of rotatable bonds is 8. The topological polar surface area (TPSA) is 21.7 Å². The minimum Gasteiger partial charge on any atom is -0.347 e. The van der Waals surface area contributed by atoms with Gasteiger partial charge in [0, 0.05) is 25.4 Å². The summed E-state index contributed by atoms with van der Waals surface area (Å²) in [6.07, 6.45) is 8.54. The van der Waals surface area contributed by atoms with Crippen LogP contribution in [0, 0.1) is 11.3 Å². The molecule has 0 amide bonds. The first-order chi connectivity index (χ1) is 11.4. The van der Waals surface area contributed by atoms with Gasteiger partial charge in [0.1, 0.15) is 0 Å². The molecule has 2 atom stereocenters. The second kappa shape index (κ2) is 8.51. The molecule has 1 heterocycles. The molecule has 0 N–H and O–H groups in total. The standard InChI is InChI=1S/C21H41NO2/c1-7-17(4)22(9-3)15-12-19-16-23-21(24-19)13-10-18(11-14-21)20(5,6)8-2/h17-19H,7-16H2,1-6H3. The molecule has 1 aliphatic carbocycles. The molecule has 0 aromatic rings. The Bertz CT molecular complexity index is 374. The molecule has 142 valence electrons. The van der Waals surface area contributed by atoms with E-state index in [1.807, 2.05) is 0 Å². The summed E-state index contributed by atoms with van der Waals surface area (Å²) in [5.41, 5.74) is 0.456. The van der Waals surface area contributed by atoms with E-state index in [-0.39, 0.29) is 5.79 Å². The zero-order valence-electron chi connectivity index (χ0n) is 17.1. The molecule has 0 aromatic carbocycles.